The smallest absolute Gasteiger partial charge is 0.142 e. The van der Waals surface area contributed by atoms with E-state index in [9.17, 15) is 0 Å². The zero-order chi connectivity index (χ0) is 18.3. The standard InChI is InChI=1S/C20H24Cl2N2O2/c1-13(21)7-23-9-17-15-3-6-20-18(10-24(12-26-20)8-14(2)22)16(15)4-5-19(17)25-11-23/h3-6,13-14H,7-12H2,1-2H3/t13-,14+. The lowest BCUT2D eigenvalue weighted by molar-refractivity contribution is 0.0961. The molecular formula is C20H24Cl2N2O2. The van der Waals surface area contributed by atoms with Crippen molar-refractivity contribution in [2.75, 3.05) is 26.6 Å². The molecule has 0 radical (unpaired) electrons. The molecule has 0 spiro atoms. The number of benzene rings is 2. The average Bonchev–Trinajstić information content (AvgIpc) is 2.60. The van der Waals surface area contributed by atoms with E-state index in [1.165, 1.54) is 21.9 Å². The van der Waals surface area contributed by atoms with Crippen molar-refractivity contribution in [3.05, 3.63) is 35.4 Å². The van der Waals surface area contributed by atoms with Gasteiger partial charge in [0.2, 0.25) is 0 Å². The third kappa shape index (κ3) is 3.61. The highest BCUT2D eigenvalue weighted by atomic mass is 35.5. The first-order valence-electron chi connectivity index (χ1n) is 9.07. The van der Waals surface area contributed by atoms with Crippen LogP contribution in [-0.2, 0) is 13.1 Å². The zero-order valence-corrected chi connectivity index (χ0v) is 16.7. The Labute approximate surface area is 164 Å². The molecule has 0 aliphatic carbocycles. The second-order valence-corrected chi connectivity index (χ2v) is 8.80. The van der Waals surface area contributed by atoms with Gasteiger partial charge in [0.1, 0.15) is 25.0 Å². The highest BCUT2D eigenvalue weighted by molar-refractivity contribution is 6.20. The number of alkyl halides is 2. The molecule has 2 atom stereocenters. The number of hydrogen-bond acceptors (Lipinski definition) is 4. The summed E-state index contributed by atoms with van der Waals surface area (Å²) in [6, 6.07) is 8.48. The second kappa shape index (κ2) is 7.43. The van der Waals surface area contributed by atoms with Crippen LogP contribution in [0.3, 0.4) is 0 Å². The molecule has 2 heterocycles. The van der Waals surface area contributed by atoms with Crippen LogP contribution in [0.1, 0.15) is 25.0 Å². The van der Waals surface area contributed by atoms with Crippen LogP contribution in [-0.4, -0.2) is 47.1 Å². The molecule has 2 aromatic carbocycles. The van der Waals surface area contributed by atoms with Gasteiger partial charge in [0, 0.05) is 48.1 Å². The molecule has 2 aliphatic rings. The molecule has 0 N–H and O–H groups in total. The monoisotopic (exact) mass is 394 g/mol. The van der Waals surface area contributed by atoms with Crippen LogP contribution in [0.4, 0.5) is 0 Å². The molecule has 2 aliphatic heterocycles. The van der Waals surface area contributed by atoms with Crippen LogP contribution in [0.25, 0.3) is 10.8 Å². The van der Waals surface area contributed by atoms with Crippen molar-refractivity contribution in [2.45, 2.75) is 37.7 Å². The van der Waals surface area contributed by atoms with Crippen molar-refractivity contribution in [1.82, 2.24) is 9.80 Å². The molecule has 0 unspecified atom stereocenters. The topological polar surface area (TPSA) is 24.9 Å². The molecule has 0 saturated heterocycles. The minimum Gasteiger partial charge on any atom is -0.478 e. The largest absolute Gasteiger partial charge is 0.478 e. The molecule has 140 valence electrons. The third-order valence-electron chi connectivity index (χ3n) is 4.93. The van der Waals surface area contributed by atoms with Gasteiger partial charge in [-0.15, -0.1) is 23.2 Å². The molecule has 0 amide bonds. The fourth-order valence-electron chi connectivity index (χ4n) is 3.89. The summed E-state index contributed by atoms with van der Waals surface area (Å²) in [6.45, 7) is 8.54. The first-order valence-corrected chi connectivity index (χ1v) is 9.94. The summed E-state index contributed by atoms with van der Waals surface area (Å²) < 4.78 is 11.9. The van der Waals surface area contributed by atoms with Crippen molar-refractivity contribution < 1.29 is 9.47 Å². The minimum atomic E-state index is 0.0994. The van der Waals surface area contributed by atoms with Crippen LogP contribution >= 0.6 is 23.2 Å². The van der Waals surface area contributed by atoms with Crippen molar-refractivity contribution in [1.29, 1.82) is 0 Å². The summed E-state index contributed by atoms with van der Waals surface area (Å²) in [7, 11) is 0. The number of hydrogen-bond donors (Lipinski definition) is 0. The Balaban J connectivity index is 1.70. The molecule has 0 fully saturated rings. The molecule has 0 bridgehead atoms. The molecule has 6 heteroatoms. The van der Waals surface area contributed by atoms with Gasteiger partial charge in [-0.1, -0.05) is 12.1 Å². The third-order valence-corrected chi connectivity index (χ3v) is 5.20. The Bertz CT molecular complexity index is 743. The molecular weight excluding hydrogens is 371 g/mol. The van der Waals surface area contributed by atoms with E-state index in [0.29, 0.717) is 13.5 Å². The lowest BCUT2D eigenvalue weighted by Gasteiger charge is -2.33. The van der Waals surface area contributed by atoms with Gasteiger partial charge in [-0.25, -0.2) is 0 Å². The van der Waals surface area contributed by atoms with Crippen molar-refractivity contribution in [3.8, 4) is 11.5 Å². The molecule has 2 aromatic rings. The van der Waals surface area contributed by atoms with Crippen molar-refractivity contribution >= 4 is 34.0 Å². The van der Waals surface area contributed by atoms with Gasteiger partial charge >= 0.3 is 0 Å². The first kappa shape index (κ1) is 18.2. The second-order valence-electron chi connectivity index (χ2n) is 7.31. The van der Waals surface area contributed by atoms with E-state index in [4.69, 9.17) is 32.7 Å². The highest BCUT2D eigenvalue weighted by Gasteiger charge is 2.25. The van der Waals surface area contributed by atoms with E-state index < -0.39 is 0 Å². The number of ether oxygens (including phenoxy) is 2. The Morgan fingerprint density at radius 2 is 1.23 bits per heavy atom. The van der Waals surface area contributed by atoms with Crippen LogP contribution in [0, 0.1) is 0 Å². The van der Waals surface area contributed by atoms with E-state index in [2.05, 4.69) is 34.1 Å². The first-order chi connectivity index (χ1) is 12.5. The summed E-state index contributed by atoms with van der Waals surface area (Å²) in [4.78, 5) is 4.49. The van der Waals surface area contributed by atoms with Gasteiger partial charge in [0.15, 0.2) is 0 Å². The van der Waals surface area contributed by atoms with Crippen LogP contribution in [0.5, 0.6) is 11.5 Å². The summed E-state index contributed by atoms with van der Waals surface area (Å²) >= 11 is 12.4. The maximum Gasteiger partial charge on any atom is 0.142 e. The number of nitrogens with zero attached hydrogens (tertiary/aromatic N) is 2. The number of fused-ring (bicyclic) bond motifs is 5. The molecule has 4 rings (SSSR count). The molecule has 26 heavy (non-hydrogen) atoms. The normalized spacial score (nSPS) is 20.0. The fourth-order valence-corrected chi connectivity index (χ4v) is 4.28. The van der Waals surface area contributed by atoms with Crippen molar-refractivity contribution in [2.24, 2.45) is 0 Å². The molecule has 0 aromatic heterocycles. The zero-order valence-electron chi connectivity index (χ0n) is 15.2. The SMILES string of the molecule is C[C@H](Cl)CN1COc2ccc3c4c(ccc3c2C1)OCN(C[C@@H](C)Cl)C4. The van der Waals surface area contributed by atoms with Gasteiger partial charge in [0.25, 0.3) is 0 Å². The van der Waals surface area contributed by atoms with E-state index in [0.717, 1.165) is 37.7 Å². The Hall–Kier alpha value is -1.20. The quantitative estimate of drug-likeness (QED) is 0.717. The lowest BCUT2D eigenvalue weighted by atomic mass is 9.96. The lowest BCUT2D eigenvalue weighted by Crippen LogP contribution is -2.36. The summed E-state index contributed by atoms with van der Waals surface area (Å²) in [5.41, 5.74) is 2.47. The van der Waals surface area contributed by atoms with Gasteiger partial charge < -0.3 is 9.47 Å². The van der Waals surface area contributed by atoms with E-state index in [1.807, 2.05) is 13.8 Å². The predicted molar refractivity (Wildman–Crippen MR) is 106 cm³/mol. The maximum atomic E-state index is 6.18. The Kier molecular flexibility index (Phi) is 5.20. The number of rotatable bonds is 4. The highest BCUT2D eigenvalue weighted by Crippen LogP contribution is 2.38. The molecule has 4 nitrogen and oxygen atoms in total. The van der Waals surface area contributed by atoms with Gasteiger partial charge in [-0.05, 0) is 36.8 Å². The summed E-state index contributed by atoms with van der Waals surface area (Å²) in [5.74, 6) is 1.94. The van der Waals surface area contributed by atoms with Gasteiger partial charge in [-0.3, -0.25) is 9.80 Å². The minimum absolute atomic E-state index is 0.0994. The molecule has 0 saturated carbocycles. The van der Waals surface area contributed by atoms with E-state index in [1.54, 1.807) is 0 Å². The van der Waals surface area contributed by atoms with Crippen LogP contribution in [0.15, 0.2) is 24.3 Å². The number of halogens is 2. The summed E-state index contributed by atoms with van der Waals surface area (Å²) in [6.07, 6.45) is 0. The summed E-state index contributed by atoms with van der Waals surface area (Å²) in [5, 5.41) is 2.67. The van der Waals surface area contributed by atoms with E-state index in [-0.39, 0.29) is 10.8 Å². The van der Waals surface area contributed by atoms with Gasteiger partial charge in [-0.2, -0.15) is 0 Å². The Morgan fingerprint density at radius 1 is 0.808 bits per heavy atom. The predicted octanol–water partition coefficient (Wildman–Crippen LogP) is 4.40. The van der Waals surface area contributed by atoms with Gasteiger partial charge in [0.05, 0.1) is 0 Å². The van der Waals surface area contributed by atoms with Crippen LogP contribution in [0.2, 0.25) is 0 Å². The van der Waals surface area contributed by atoms with E-state index >= 15 is 0 Å². The van der Waals surface area contributed by atoms with Crippen molar-refractivity contribution in [3.63, 3.8) is 0 Å². The van der Waals surface area contributed by atoms with Crippen LogP contribution < -0.4 is 9.47 Å². The fraction of sp³-hybridized carbons (Fsp3) is 0.500. The Morgan fingerprint density at radius 3 is 1.62 bits per heavy atom. The maximum absolute atomic E-state index is 6.18. The average molecular weight is 395 g/mol.